The number of benzene rings is 1. The maximum Gasteiger partial charge on any atom is 0.0459 e. The van der Waals surface area contributed by atoms with Gasteiger partial charge in [-0.1, -0.05) is 31.0 Å². The van der Waals surface area contributed by atoms with Crippen LogP contribution < -0.4 is 10.6 Å². The van der Waals surface area contributed by atoms with Crippen LogP contribution >= 0.6 is 11.6 Å². The average Bonchev–Trinajstić information content (AvgIpc) is 3.17. The van der Waals surface area contributed by atoms with Crippen molar-refractivity contribution in [3.8, 4) is 0 Å². The summed E-state index contributed by atoms with van der Waals surface area (Å²) in [5.41, 5.74) is 8.28. The number of nitrogens with two attached hydrogens (primary N) is 1. The topological polar surface area (TPSA) is 29.3 Å². The van der Waals surface area contributed by atoms with Crippen LogP contribution in [-0.2, 0) is 6.42 Å². The summed E-state index contributed by atoms with van der Waals surface area (Å²) in [5.74, 6) is 0. The van der Waals surface area contributed by atoms with E-state index in [1.54, 1.807) is 0 Å². The molecule has 19 heavy (non-hydrogen) atoms. The van der Waals surface area contributed by atoms with Gasteiger partial charge in [0.05, 0.1) is 0 Å². The van der Waals surface area contributed by atoms with Crippen LogP contribution in [0.25, 0.3) is 0 Å². The van der Waals surface area contributed by atoms with Crippen molar-refractivity contribution in [2.75, 3.05) is 11.4 Å². The maximum atomic E-state index is 6.39. The summed E-state index contributed by atoms with van der Waals surface area (Å²) in [5, 5.41) is 0.858. The van der Waals surface area contributed by atoms with Gasteiger partial charge in [0.15, 0.2) is 0 Å². The Morgan fingerprint density at radius 1 is 1.42 bits per heavy atom. The highest BCUT2D eigenvalue weighted by atomic mass is 35.5. The summed E-state index contributed by atoms with van der Waals surface area (Å²) in [6.07, 6.45) is 5.97. The van der Waals surface area contributed by atoms with Gasteiger partial charge in [-0.15, -0.1) is 0 Å². The van der Waals surface area contributed by atoms with Gasteiger partial charge in [0.2, 0.25) is 0 Å². The normalized spacial score (nSPS) is 16.4. The van der Waals surface area contributed by atoms with Crippen molar-refractivity contribution in [3.05, 3.63) is 28.8 Å². The number of hydrogen-bond donors (Lipinski definition) is 1. The van der Waals surface area contributed by atoms with Crippen molar-refractivity contribution < 1.29 is 0 Å². The molecule has 0 spiro atoms. The Bertz CT molecular complexity index is 413. The van der Waals surface area contributed by atoms with Crippen molar-refractivity contribution >= 4 is 17.3 Å². The largest absolute Gasteiger partial charge is 0.369 e. The fraction of sp³-hybridized carbons (Fsp3) is 0.625. The molecule has 0 bridgehead atoms. The third-order valence-electron chi connectivity index (χ3n) is 3.65. The lowest BCUT2D eigenvalue weighted by Gasteiger charge is -2.25. The highest BCUT2D eigenvalue weighted by Gasteiger charge is 2.28. The van der Waals surface area contributed by atoms with Gasteiger partial charge in [-0.2, -0.15) is 0 Å². The molecular weight excluding hydrogens is 256 g/mol. The van der Waals surface area contributed by atoms with E-state index in [0.717, 1.165) is 29.6 Å². The standard InChI is InChI=1S/C16H25ClN2/c1-3-4-9-19(14-7-8-14)15-6-5-13(10-12(2)18)16(17)11-15/h5-6,11-12,14H,3-4,7-10,18H2,1-2H3. The first-order chi connectivity index (χ1) is 9.11. The van der Waals surface area contributed by atoms with E-state index in [4.69, 9.17) is 17.3 Å². The molecule has 106 valence electrons. The Morgan fingerprint density at radius 2 is 2.16 bits per heavy atom. The molecule has 0 radical (unpaired) electrons. The van der Waals surface area contributed by atoms with Gasteiger partial charge < -0.3 is 10.6 Å². The van der Waals surface area contributed by atoms with Crippen molar-refractivity contribution in [3.63, 3.8) is 0 Å². The fourth-order valence-corrected chi connectivity index (χ4v) is 2.72. The smallest absolute Gasteiger partial charge is 0.0459 e. The zero-order valence-corrected chi connectivity index (χ0v) is 12.8. The van der Waals surface area contributed by atoms with Gasteiger partial charge in [0.1, 0.15) is 0 Å². The first kappa shape index (κ1) is 14.7. The number of unbranched alkanes of at least 4 members (excludes halogenated alkanes) is 1. The van der Waals surface area contributed by atoms with Crippen LogP contribution in [0.15, 0.2) is 18.2 Å². The summed E-state index contributed by atoms with van der Waals surface area (Å²) < 4.78 is 0. The van der Waals surface area contributed by atoms with Gasteiger partial charge in [-0.05, 0) is 50.3 Å². The Morgan fingerprint density at radius 3 is 2.68 bits per heavy atom. The van der Waals surface area contributed by atoms with Crippen molar-refractivity contribution in [1.82, 2.24) is 0 Å². The Hall–Kier alpha value is -0.730. The van der Waals surface area contributed by atoms with E-state index in [-0.39, 0.29) is 6.04 Å². The monoisotopic (exact) mass is 280 g/mol. The predicted molar refractivity (Wildman–Crippen MR) is 84.1 cm³/mol. The van der Waals surface area contributed by atoms with Gasteiger partial charge in [-0.25, -0.2) is 0 Å². The zero-order valence-electron chi connectivity index (χ0n) is 12.0. The second kappa shape index (κ2) is 6.62. The lowest BCUT2D eigenvalue weighted by atomic mass is 10.1. The number of nitrogens with zero attached hydrogens (tertiary/aromatic N) is 1. The number of rotatable bonds is 7. The predicted octanol–water partition coefficient (Wildman–Crippen LogP) is 4.00. The molecule has 0 heterocycles. The van der Waals surface area contributed by atoms with Crippen LogP contribution in [-0.4, -0.2) is 18.6 Å². The molecule has 3 heteroatoms. The lowest BCUT2D eigenvalue weighted by molar-refractivity contribution is 0.711. The van der Waals surface area contributed by atoms with E-state index in [1.165, 1.54) is 31.4 Å². The van der Waals surface area contributed by atoms with E-state index in [2.05, 4.69) is 30.0 Å². The molecule has 1 saturated carbocycles. The fourth-order valence-electron chi connectivity index (χ4n) is 2.46. The van der Waals surface area contributed by atoms with Gasteiger partial charge in [-0.3, -0.25) is 0 Å². The van der Waals surface area contributed by atoms with Crippen LogP contribution in [0.4, 0.5) is 5.69 Å². The molecule has 0 saturated heterocycles. The highest BCUT2D eigenvalue weighted by molar-refractivity contribution is 6.31. The minimum Gasteiger partial charge on any atom is -0.369 e. The summed E-state index contributed by atoms with van der Waals surface area (Å²) in [7, 11) is 0. The third kappa shape index (κ3) is 4.12. The molecule has 0 aromatic heterocycles. The first-order valence-corrected chi connectivity index (χ1v) is 7.80. The lowest BCUT2D eigenvalue weighted by Crippen LogP contribution is -2.26. The molecule has 2 rings (SSSR count). The quantitative estimate of drug-likeness (QED) is 0.818. The van der Waals surface area contributed by atoms with E-state index in [9.17, 15) is 0 Å². The van der Waals surface area contributed by atoms with Gasteiger partial charge in [0, 0.05) is 29.3 Å². The molecule has 1 aliphatic rings. The molecule has 0 aliphatic heterocycles. The van der Waals surface area contributed by atoms with Gasteiger partial charge >= 0.3 is 0 Å². The molecule has 2 nitrogen and oxygen atoms in total. The summed E-state index contributed by atoms with van der Waals surface area (Å²) in [4.78, 5) is 2.52. The maximum absolute atomic E-state index is 6.39. The van der Waals surface area contributed by atoms with Crippen LogP contribution in [0, 0.1) is 0 Å². The Labute approximate surface area is 121 Å². The first-order valence-electron chi connectivity index (χ1n) is 7.42. The molecule has 1 aromatic rings. The molecule has 1 aromatic carbocycles. The molecule has 2 N–H and O–H groups in total. The highest BCUT2D eigenvalue weighted by Crippen LogP contribution is 2.34. The average molecular weight is 281 g/mol. The van der Waals surface area contributed by atoms with Crippen LogP contribution in [0.5, 0.6) is 0 Å². The van der Waals surface area contributed by atoms with Crippen LogP contribution in [0.1, 0.15) is 45.1 Å². The van der Waals surface area contributed by atoms with E-state index in [1.807, 2.05) is 6.92 Å². The van der Waals surface area contributed by atoms with Crippen molar-refractivity contribution in [1.29, 1.82) is 0 Å². The van der Waals surface area contributed by atoms with E-state index in [0.29, 0.717) is 0 Å². The molecule has 1 aliphatic carbocycles. The Kier molecular flexibility index (Phi) is 5.12. The second-order valence-electron chi connectivity index (χ2n) is 5.74. The summed E-state index contributed by atoms with van der Waals surface area (Å²) >= 11 is 6.39. The SMILES string of the molecule is CCCCN(c1ccc(CC(C)N)c(Cl)c1)C1CC1. The number of anilines is 1. The summed E-state index contributed by atoms with van der Waals surface area (Å²) in [6, 6.07) is 7.36. The molecule has 0 amide bonds. The van der Waals surface area contributed by atoms with E-state index >= 15 is 0 Å². The minimum absolute atomic E-state index is 0.156. The molecule has 1 unspecified atom stereocenters. The molecule has 1 fully saturated rings. The minimum atomic E-state index is 0.156. The van der Waals surface area contributed by atoms with E-state index < -0.39 is 0 Å². The van der Waals surface area contributed by atoms with Crippen LogP contribution in [0.2, 0.25) is 5.02 Å². The van der Waals surface area contributed by atoms with Crippen molar-refractivity contribution in [2.24, 2.45) is 5.73 Å². The molecular formula is C16H25ClN2. The van der Waals surface area contributed by atoms with Gasteiger partial charge in [0.25, 0.3) is 0 Å². The zero-order chi connectivity index (χ0) is 13.8. The molecule has 1 atom stereocenters. The number of halogens is 1. The number of hydrogen-bond acceptors (Lipinski definition) is 2. The Balaban J connectivity index is 2.12. The summed E-state index contributed by atoms with van der Waals surface area (Å²) in [6.45, 7) is 5.40. The third-order valence-corrected chi connectivity index (χ3v) is 4.00. The van der Waals surface area contributed by atoms with Crippen molar-refractivity contribution in [2.45, 2.75) is 58.0 Å². The second-order valence-corrected chi connectivity index (χ2v) is 6.14. The van der Waals surface area contributed by atoms with Crippen LogP contribution in [0.3, 0.4) is 0 Å².